The molecule has 0 bridgehead atoms. The van der Waals surface area contributed by atoms with Crippen LogP contribution in [-0.4, -0.2) is 42.5 Å². The zero-order valence-corrected chi connectivity index (χ0v) is 12.8. The van der Waals surface area contributed by atoms with Gasteiger partial charge in [0.05, 0.1) is 19.8 Å². The average Bonchev–Trinajstić information content (AvgIpc) is 2.49. The third-order valence-electron chi connectivity index (χ3n) is 3.39. The molecule has 0 amide bonds. The fourth-order valence-electron chi connectivity index (χ4n) is 2.02. The molecule has 0 aliphatic heterocycles. The maximum absolute atomic E-state index is 13.0. The molecule has 1 aromatic carbocycles. The van der Waals surface area contributed by atoms with Crippen LogP contribution in [-0.2, 0) is 9.59 Å². The highest BCUT2D eigenvalue weighted by molar-refractivity contribution is 5.99. The molecule has 0 heterocycles. The van der Waals surface area contributed by atoms with E-state index >= 15 is 0 Å². The molecule has 1 aromatic rings. The van der Waals surface area contributed by atoms with Crippen molar-refractivity contribution in [3.8, 4) is 11.5 Å². The summed E-state index contributed by atoms with van der Waals surface area (Å²) < 4.78 is 49.2. The van der Waals surface area contributed by atoms with Crippen molar-refractivity contribution in [2.45, 2.75) is 12.6 Å². The van der Waals surface area contributed by atoms with E-state index < -0.39 is 30.0 Å². The number of methoxy groups -OCH3 is 2. The average molecular weight is 348 g/mol. The molecule has 0 unspecified atom stereocenters. The summed E-state index contributed by atoms with van der Waals surface area (Å²) in [6.07, 6.45) is -4.82. The number of alkyl halides is 3. The standard InChI is InChI=1S/C15H15F3O6/c1-23-10-6-3-7-11(24-2)9(10)5-4-8-14(12(19)20,13(21)22)15(16,17)18/h3-7H,8H2,1-2H3,(H,19,20)(H,21,22)/b5-4+. The molecule has 0 spiro atoms. The van der Waals surface area contributed by atoms with Crippen LogP contribution in [0.5, 0.6) is 11.5 Å². The van der Waals surface area contributed by atoms with E-state index in [0.29, 0.717) is 0 Å². The predicted molar refractivity (Wildman–Crippen MR) is 77.0 cm³/mol. The van der Waals surface area contributed by atoms with Gasteiger partial charge in [-0.15, -0.1) is 0 Å². The first-order valence-corrected chi connectivity index (χ1v) is 6.52. The minimum atomic E-state index is -5.47. The highest BCUT2D eigenvalue weighted by Gasteiger charge is 2.66. The zero-order valence-electron chi connectivity index (χ0n) is 12.8. The first-order chi connectivity index (χ1) is 11.1. The second-order valence-electron chi connectivity index (χ2n) is 4.70. The zero-order chi connectivity index (χ0) is 18.5. The Hall–Kier alpha value is -2.71. The third-order valence-corrected chi connectivity index (χ3v) is 3.39. The maximum Gasteiger partial charge on any atom is 0.415 e. The van der Waals surface area contributed by atoms with Crippen LogP contribution < -0.4 is 9.47 Å². The fraction of sp³-hybridized carbons (Fsp3) is 0.333. The molecule has 24 heavy (non-hydrogen) atoms. The molecule has 132 valence electrons. The molecule has 0 radical (unpaired) electrons. The van der Waals surface area contributed by atoms with Gasteiger partial charge in [0.25, 0.3) is 5.41 Å². The number of halogens is 3. The molecule has 9 heteroatoms. The summed E-state index contributed by atoms with van der Waals surface area (Å²) in [7, 11) is 2.67. The first-order valence-electron chi connectivity index (χ1n) is 6.52. The lowest BCUT2D eigenvalue weighted by molar-refractivity contribution is -0.234. The van der Waals surface area contributed by atoms with Gasteiger partial charge in [-0.1, -0.05) is 18.2 Å². The summed E-state index contributed by atoms with van der Waals surface area (Å²) in [5, 5.41) is 17.7. The summed E-state index contributed by atoms with van der Waals surface area (Å²) in [6, 6.07) is 4.63. The minimum Gasteiger partial charge on any atom is -0.496 e. The van der Waals surface area contributed by atoms with Crippen molar-refractivity contribution < 1.29 is 42.4 Å². The van der Waals surface area contributed by atoms with Gasteiger partial charge in [-0.2, -0.15) is 13.2 Å². The van der Waals surface area contributed by atoms with Gasteiger partial charge in [0.15, 0.2) is 0 Å². The number of benzene rings is 1. The minimum absolute atomic E-state index is 0.259. The quantitative estimate of drug-likeness (QED) is 0.736. The van der Waals surface area contributed by atoms with Gasteiger partial charge in [-0.3, -0.25) is 9.59 Å². The Morgan fingerprint density at radius 2 is 1.54 bits per heavy atom. The molecule has 0 aliphatic rings. The molecule has 0 aliphatic carbocycles. The van der Waals surface area contributed by atoms with Gasteiger partial charge in [0, 0.05) is 6.42 Å². The molecule has 0 saturated carbocycles. The molecule has 0 atom stereocenters. The lowest BCUT2D eigenvalue weighted by atomic mass is 9.83. The second-order valence-corrected chi connectivity index (χ2v) is 4.70. The smallest absolute Gasteiger partial charge is 0.415 e. The van der Waals surface area contributed by atoms with Gasteiger partial charge in [-0.25, -0.2) is 0 Å². The number of hydrogen-bond donors (Lipinski definition) is 2. The number of rotatable bonds is 7. The lowest BCUT2D eigenvalue weighted by Gasteiger charge is -2.26. The summed E-state index contributed by atoms with van der Waals surface area (Å²) in [5.41, 5.74) is -3.67. The van der Waals surface area contributed by atoms with Gasteiger partial charge in [0.2, 0.25) is 0 Å². The van der Waals surface area contributed by atoms with Gasteiger partial charge in [-0.05, 0) is 12.1 Å². The topological polar surface area (TPSA) is 93.1 Å². The largest absolute Gasteiger partial charge is 0.496 e. The number of carbonyl (C=O) groups is 2. The Morgan fingerprint density at radius 3 is 1.88 bits per heavy atom. The Balaban J connectivity index is 3.28. The van der Waals surface area contributed by atoms with E-state index in [0.717, 1.165) is 12.2 Å². The maximum atomic E-state index is 13.0. The van der Waals surface area contributed by atoms with Crippen molar-refractivity contribution in [2.24, 2.45) is 5.41 Å². The number of aliphatic carboxylic acids is 2. The van der Waals surface area contributed by atoms with Gasteiger partial charge in [0.1, 0.15) is 11.5 Å². The molecule has 6 nitrogen and oxygen atoms in total. The molecule has 0 saturated heterocycles. The van der Waals surface area contributed by atoms with Crippen LogP contribution >= 0.6 is 0 Å². The summed E-state index contributed by atoms with van der Waals surface area (Å²) >= 11 is 0. The predicted octanol–water partition coefficient (Wildman–Crippen LogP) is 2.83. The van der Waals surface area contributed by atoms with Crippen molar-refractivity contribution >= 4 is 18.0 Å². The van der Waals surface area contributed by atoms with Crippen molar-refractivity contribution in [3.63, 3.8) is 0 Å². The van der Waals surface area contributed by atoms with Gasteiger partial charge < -0.3 is 19.7 Å². The summed E-state index contributed by atoms with van der Waals surface area (Å²) in [5.74, 6) is -4.43. The Bertz CT molecular complexity index is 615. The normalized spacial score (nSPS) is 12.2. The molecular formula is C15H15F3O6. The molecular weight excluding hydrogens is 333 g/mol. The number of allylic oxidation sites excluding steroid dienone is 1. The SMILES string of the molecule is COc1cccc(OC)c1/C=C/CC(C(=O)O)(C(=O)O)C(F)(F)F. The number of hydrogen-bond acceptors (Lipinski definition) is 4. The highest BCUT2D eigenvalue weighted by atomic mass is 19.4. The van der Waals surface area contributed by atoms with Crippen LogP contribution in [0.1, 0.15) is 12.0 Å². The summed E-state index contributed by atoms with van der Waals surface area (Å²) in [6.45, 7) is 0. The van der Waals surface area contributed by atoms with Crippen LogP contribution in [0.4, 0.5) is 13.2 Å². The summed E-state index contributed by atoms with van der Waals surface area (Å²) in [4.78, 5) is 22.0. The van der Waals surface area contributed by atoms with Crippen LogP contribution in [0.3, 0.4) is 0 Å². The Morgan fingerprint density at radius 1 is 1.08 bits per heavy atom. The monoisotopic (exact) mass is 348 g/mol. The van der Waals surface area contributed by atoms with Crippen LogP contribution in [0.2, 0.25) is 0 Å². The molecule has 0 aromatic heterocycles. The number of carboxylic acids is 2. The first kappa shape index (κ1) is 19.3. The highest BCUT2D eigenvalue weighted by Crippen LogP contribution is 2.42. The van der Waals surface area contributed by atoms with E-state index in [1.165, 1.54) is 26.4 Å². The van der Waals surface area contributed by atoms with E-state index in [1.54, 1.807) is 6.07 Å². The Labute approximate surface area is 135 Å². The van der Waals surface area contributed by atoms with Gasteiger partial charge >= 0.3 is 18.1 Å². The fourth-order valence-corrected chi connectivity index (χ4v) is 2.02. The van der Waals surface area contributed by atoms with Crippen LogP contribution in [0.15, 0.2) is 24.3 Å². The van der Waals surface area contributed by atoms with E-state index in [4.69, 9.17) is 19.7 Å². The molecule has 1 rings (SSSR count). The van der Waals surface area contributed by atoms with E-state index in [2.05, 4.69) is 0 Å². The van der Waals surface area contributed by atoms with Crippen molar-refractivity contribution in [1.29, 1.82) is 0 Å². The number of ether oxygens (including phenoxy) is 2. The van der Waals surface area contributed by atoms with Crippen molar-refractivity contribution in [3.05, 3.63) is 29.8 Å². The second kappa shape index (κ2) is 7.24. The van der Waals surface area contributed by atoms with E-state index in [-0.39, 0.29) is 17.1 Å². The number of carboxylic acid groups (broad SMARTS) is 2. The van der Waals surface area contributed by atoms with Crippen LogP contribution in [0, 0.1) is 5.41 Å². The van der Waals surface area contributed by atoms with Crippen molar-refractivity contribution in [2.75, 3.05) is 14.2 Å². The third kappa shape index (κ3) is 3.44. The lowest BCUT2D eigenvalue weighted by Crippen LogP contribution is -2.51. The van der Waals surface area contributed by atoms with Crippen LogP contribution in [0.25, 0.3) is 6.08 Å². The van der Waals surface area contributed by atoms with E-state index in [9.17, 15) is 22.8 Å². The van der Waals surface area contributed by atoms with Crippen molar-refractivity contribution in [1.82, 2.24) is 0 Å². The van der Waals surface area contributed by atoms with E-state index in [1.807, 2.05) is 0 Å². The molecule has 0 fully saturated rings. The molecule has 2 N–H and O–H groups in total. The Kier molecular flexibility index (Phi) is 5.83.